The molecule has 0 saturated heterocycles. The molecule has 5 rings (SSSR count). The lowest BCUT2D eigenvalue weighted by Crippen LogP contribution is -2.39. The Bertz CT molecular complexity index is 1660. The third-order valence-electron chi connectivity index (χ3n) is 5.73. The first kappa shape index (κ1) is 24.5. The maximum Gasteiger partial charge on any atom is 0.338 e. The van der Waals surface area contributed by atoms with Gasteiger partial charge in [0.25, 0.3) is 5.56 Å². The molecule has 1 aliphatic heterocycles. The molecule has 1 aliphatic rings. The minimum atomic E-state index is -0.656. The number of furan rings is 1. The molecule has 0 radical (unpaired) electrons. The molecule has 2 aromatic carbocycles. The Labute approximate surface area is 224 Å². The molecule has 0 saturated carbocycles. The maximum atomic E-state index is 13.7. The normalized spacial score (nSPS) is 15.6. The molecule has 0 spiro atoms. The third-order valence-corrected chi connectivity index (χ3v) is 7.50. The summed E-state index contributed by atoms with van der Waals surface area (Å²) < 4.78 is 14.2. The number of nitrogens with zero attached hydrogens (tertiary/aromatic N) is 2. The van der Waals surface area contributed by atoms with Gasteiger partial charge in [-0.1, -0.05) is 51.0 Å². The molecule has 0 amide bonds. The Hall–Kier alpha value is -3.20. The third kappa shape index (κ3) is 4.64. The van der Waals surface area contributed by atoms with Crippen LogP contribution in [0, 0.1) is 0 Å². The zero-order valence-electron chi connectivity index (χ0n) is 19.3. The van der Waals surface area contributed by atoms with Crippen molar-refractivity contribution in [1.29, 1.82) is 0 Å². The molecule has 0 bridgehead atoms. The smallest absolute Gasteiger partial charge is 0.338 e. The van der Waals surface area contributed by atoms with Crippen LogP contribution in [0.25, 0.3) is 17.4 Å². The van der Waals surface area contributed by atoms with Gasteiger partial charge < -0.3 is 9.15 Å². The van der Waals surface area contributed by atoms with E-state index in [4.69, 9.17) is 20.8 Å². The standard InChI is InChI=1S/C27H20BrClN2O4S/c1-3-34-26(33)23-15(2)30-27-31(24(23)17-4-8-18(28)9-5-17)25(32)22(36-27)14-20-12-13-21(35-20)16-6-10-19(29)11-7-16/h4-14,24H,3H2,1-2H3/b22-14-/t24-/m1/s1. The molecule has 9 heteroatoms. The summed E-state index contributed by atoms with van der Waals surface area (Å²) in [6.45, 7) is 3.74. The zero-order chi connectivity index (χ0) is 25.4. The summed E-state index contributed by atoms with van der Waals surface area (Å²) in [7, 11) is 0. The molecular weight excluding hydrogens is 564 g/mol. The fraction of sp³-hybridized carbons (Fsp3) is 0.148. The van der Waals surface area contributed by atoms with Crippen molar-refractivity contribution in [3.05, 3.63) is 112 Å². The van der Waals surface area contributed by atoms with E-state index in [1.807, 2.05) is 48.5 Å². The highest BCUT2D eigenvalue weighted by Gasteiger charge is 2.33. The molecule has 0 N–H and O–H groups in total. The number of aromatic nitrogens is 1. The van der Waals surface area contributed by atoms with Gasteiger partial charge in [-0.15, -0.1) is 0 Å². The van der Waals surface area contributed by atoms with Crippen molar-refractivity contribution >= 4 is 50.9 Å². The second-order valence-electron chi connectivity index (χ2n) is 8.06. The number of fused-ring (bicyclic) bond motifs is 1. The van der Waals surface area contributed by atoms with Gasteiger partial charge in [-0.25, -0.2) is 9.79 Å². The van der Waals surface area contributed by atoms with Crippen molar-refractivity contribution in [2.75, 3.05) is 6.61 Å². The second-order valence-corrected chi connectivity index (χ2v) is 10.4. The van der Waals surface area contributed by atoms with Gasteiger partial charge in [0.15, 0.2) is 4.80 Å². The zero-order valence-corrected chi connectivity index (χ0v) is 22.5. The summed E-state index contributed by atoms with van der Waals surface area (Å²) in [6.07, 6.45) is 1.70. The summed E-state index contributed by atoms with van der Waals surface area (Å²) in [5.74, 6) is 0.713. The highest BCUT2D eigenvalue weighted by atomic mass is 79.9. The second kappa shape index (κ2) is 10.0. The number of halogens is 2. The Kier molecular flexibility index (Phi) is 6.83. The number of thiazole rings is 1. The van der Waals surface area contributed by atoms with Crippen LogP contribution in [0.3, 0.4) is 0 Å². The number of carbonyl (C=O) groups excluding carboxylic acids is 1. The number of esters is 1. The predicted octanol–water partition coefficient (Wildman–Crippen LogP) is 5.47. The van der Waals surface area contributed by atoms with E-state index in [1.54, 1.807) is 36.6 Å². The molecule has 182 valence electrons. The van der Waals surface area contributed by atoms with E-state index in [0.717, 1.165) is 15.6 Å². The van der Waals surface area contributed by atoms with Gasteiger partial charge in [0.2, 0.25) is 0 Å². The Morgan fingerprint density at radius 3 is 2.58 bits per heavy atom. The van der Waals surface area contributed by atoms with E-state index < -0.39 is 12.0 Å². The van der Waals surface area contributed by atoms with Gasteiger partial charge >= 0.3 is 5.97 Å². The van der Waals surface area contributed by atoms with Crippen molar-refractivity contribution in [1.82, 2.24) is 4.57 Å². The Morgan fingerprint density at radius 1 is 1.17 bits per heavy atom. The SMILES string of the molecule is CCOC(=O)C1=C(C)N=c2s/c(=C\c3ccc(-c4ccc(Cl)cc4)o3)c(=O)n2[C@@H]1c1ccc(Br)cc1. The lowest BCUT2D eigenvalue weighted by atomic mass is 9.96. The summed E-state index contributed by atoms with van der Waals surface area (Å²) in [4.78, 5) is 31.7. The summed E-state index contributed by atoms with van der Waals surface area (Å²) in [5, 5.41) is 0.643. The minimum absolute atomic E-state index is 0.224. The van der Waals surface area contributed by atoms with Gasteiger partial charge in [-0.3, -0.25) is 9.36 Å². The molecule has 4 aromatic rings. The van der Waals surface area contributed by atoms with Crippen LogP contribution in [0.5, 0.6) is 0 Å². The van der Waals surface area contributed by atoms with Crippen LogP contribution < -0.4 is 14.9 Å². The molecule has 3 heterocycles. The van der Waals surface area contributed by atoms with Gasteiger partial charge in [-0.05, 0) is 67.9 Å². The first-order valence-corrected chi connectivity index (χ1v) is 13.2. The van der Waals surface area contributed by atoms with Crippen LogP contribution in [-0.4, -0.2) is 17.1 Å². The maximum absolute atomic E-state index is 13.7. The number of rotatable bonds is 5. The predicted molar refractivity (Wildman–Crippen MR) is 144 cm³/mol. The van der Waals surface area contributed by atoms with Crippen molar-refractivity contribution < 1.29 is 13.9 Å². The minimum Gasteiger partial charge on any atom is -0.463 e. The van der Waals surface area contributed by atoms with E-state index >= 15 is 0 Å². The van der Waals surface area contributed by atoms with Crippen LogP contribution in [-0.2, 0) is 9.53 Å². The van der Waals surface area contributed by atoms with E-state index in [2.05, 4.69) is 20.9 Å². The van der Waals surface area contributed by atoms with Gasteiger partial charge in [-0.2, -0.15) is 0 Å². The number of hydrogen-bond acceptors (Lipinski definition) is 6. The number of ether oxygens (including phenoxy) is 1. The quantitative estimate of drug-likeness (QED) is 0.292. The van der Waals surface area contributed by atoms with Crippen LogP contribution in [0.15, 0.2) is 90.6 Å². The van der Waals surface area contributed by atoms with Crippen molar-refractivity contribution in [2.24, 2.45) is 4.99 Å². The van der Waals surface area contributed by atoms with E-state index in [0.29, 0.717) is 37.1 Å². The molecule has 2 aromatic heterocycles. The van der Waals surface area contributed by atoms with Crippen LogP contribution in [0.1, 0.15) is 31.2 Å². The summed E-state index contributed by atoms with van der Waals surface area (Å²) in [5.41, 5.74) is 2.28. The molecule has 36 heavy (non-hydrogen) atoms. The van der Waals surface area contributed by atoms with E-state index in [1.165, 1.54) is 11.3 Å². The Balaban J connectivity index is 1.63. The summed E-state index contributed by atoms with van der Waals surface area (Å²) in [6, 6.07) is 17.9. The number of benzene rings is 2. The first-order chi connectivity index (χ1) is 17.4. The molecule has 6 nitrogen and oxygen atoms in total. The largest absolute Gasteiger partial charge is 0.463 e. The highest BCUT2D eigenvalue weighted by molar-refractivity contribution is 9.10. The highest BCUT2D eigenvalue weighted by Crippen LogP contribution is 2.31. The monoisotopic (exact) mass is 582 g/mol. The number of hydrogen-bond donors (Lipinski definition) is 0. The van der Waals surface area contributed by atoms with Crippen LogP contribution in [0.2, 0.25) is 5.02 Å². The molecule has 0 unspecified atom stereocenters. The average molecular weight is 584 g/mol. The molecule has 0 aliphatic carbocycles. The van der Waals surface area contributed by atoms with Crippen molar-refractivity contribution in [2.45, 2.75) is 19.9 Å². The number of allylic oxidation sites excluding steroid dienone is 1. The molecule has 0 fully saturated rings. The lowest BCUT2D eigenvalue weighted by molar-refractivity contribution is -0.139. The van der Waals surface area contributed by atoms with Crippen molar-refractivity contribution in [3.63, 3.8) is 0 Å². The van der Waals surface area contributed by atoms with E-state index in [-0.39, 0.29) is 12.2 Å². The van der Waals surface area contributed by atoms with Crippen LogP contribution in [0.4, 0.5) is 0 Å². The fourth-order valence-corrected chi connectivity index (χ4v) is 5.50. The van der Waals surface area contributed by atoms with E-state index in [9.17, 15) is 9.59 Å². The Morgan fingerprint density at radius 2 is 1.89 bits per heavy atom. The first-order valence-electron chi connectivity index (χ1n) is 11.2. The van der Waals surface area contributed by atoms with Crippen LogP contribution >= 0.6 is 38.9 Å². The van der Waals surface area contributed by atoms with Gasteiger partial charge in [0, 0.05) is 21.1 Å². The van der Waals surface area contributed by atoms with Gasteiger partial charge in [0.05, 0.1) is 28.5 Å². The average Bonchev–Trinajstić information content (AvgIpc) is 3.44. The van der Waals surface area contributed by atoms with Crippen molar-refractivity contribution in [3.8, 4) is 11.3 Å². The topological polar surface area (TPSA) is 73.8 Å². The van der Waals surface area contributed by atoms with Gasteiger partial charge in [0.1, 0.15) is 11.5 Å². The fourth-order valence-electron chi connectivity index (χ4n) is 4.08. The molecule has 1 atom stereocenters. The summed E-state index contributed by atoms with van der Waals surface area (Å²) >= 11 is 10.7. The molecular formula is C27H20BrClN2O4S. The number of carbonyl (C=O) groups is 1. The lowest BCUT2D eigenvalue weighted by Gasteiger charge is -2.24.